The van der Waals surface area contributed by atoms with Crippen molar-refractivity contribution >= 4 is 23.2 Å². The van der Waals surface area contributed by atoms with E-state index in [1.165, 1.54) is 21.9 Å². The Morgan fingerprint density at radius 3 is 2.54 bits per heavy atom. The predicted molar refractivity (Wildman–Crippen MR) is 128 cm³/mol. The Morgan fingerprint density at radius 2 is 1.83 bits per heavy atom. The Labute approximate surface area is 206 Å². The zero-order valence-electron chi connectivity index (χ0n) is 19.2. The topological polar surface area (TPSA) is 40.6 Å². The standard InChI is InChI=1S/C27H25F3N2O2S/c1-17-5-2-3-8-21(17)25-22-12-14-35-23(22)11-13-31(25)24(33)16-32(20-9-10-20)26(34)18-6-4-7-19(15-18)27(28,29)30/h2-8,12,14-15,20,25H,9-11,13,16H2,1H3/t25-/m0/s1. The van der Waals surface area contributed by atoms with Crippen molar-refractivity contribution in [2.45, 2.75) is 44.4 Å². The number of carbonyl (C=O) groups is 2. The van der Waals surface area contributed by atoms with Crippen LogP contribution in [0.3, 0.4) is 0 Å². The molecule has 0 unspecified atom stereocenters. The van der Waals surface area contributed by atoms with Gasteiger partial charge in [-0.25, -0.2) is 0 Å². The molecule has 1 aromatic heterocycles. The molecular weight excluding hydrogens is 473 g/mol. The van der Waals surface area contributed by atoms with Gasteiger partial charge in [-0.1, -0.05) is 30.3 Å². The van der Waals surface area contributed by atoms with E-state index in [4.69, 9.17) is 0 Å². The fourth-order valence-electron chi connectivity index (χ4n) is 4.80. The number of amides is 2. The summed E-state index contributed by atoms with van der Waals surface area (Å²) in [6.07, 6.45) is -2.31. The number of benzene rings is 2. The van der Waals surface area contributed by atoms with Crippen LogP contribution in [0.15, 0.2) is 60.0 Å². The first-order valence-corrected chi connectivity index (χ1v) is 12.5. The minimum absolute atomic E-state index is 0.0475. The summed E-state index contributed by atoms with van der Waals surface area (Å²) in [5.41, 5.74) is 2.31. The molecule has 5 rings (SSSR count). The lowest BCUT2D eigenvalue weighted by atomic mass is 9.90. The molecule has 0 N–H and O–H groups in total. The lowest BCUT2D eigenvalue weighted by molar-refractivity contribution is -0.137. The fraction of sp³-hybridized carbons (Fsp3) is 0.333. The summed E-state index contributed by atoms with van der Waals surface area (Å²) in [7, 11) is 0. The van der Waals surface area contributed by atoms with E-state index >= 15 is 0 Å². The quantitative estimate of drug-likeness (QED) is 0.443. The third-order valence-corrected chi connectivity index (χ3v) is 7.76. The molecule has 2 heterocycles. The summed E-state index contributed by atoms with van der Waals surface area (Å²) in [4.78, 5) is 31.5. The minimum Gasteiger partial charge on any atom is -0.330 e. The molecule has 2 aromatic carbocycles. The Hall–Kier alpha value is -3.13. The van der Waals surface area contributed by atoms with Crippen LogP contribution in [-0.2, 0) is 17.4 Å². The van der Waals surface area contributed by atoms with Crippen LogP contribution in [0, 0.1) is 6.92 Å². The van der Waals surface area contributed by atoms with E-state index < -0.39 is 17.6 Å². The Bertz CT molecular complexity index is 1270. The highest BCUT2D eigenvalue weighted by atomic mass is 32.1. The number of halogens is 3. The summed E-state index contributed by atoms with van der Waals surface area (Å²) >= 11 is 1.68. The maximum absolute atomic E-state index is 13.7. The normalized spacial score (nSPS) is 17.7. The molecule has 1 aliphatic carbocycles. The van der Waals surface area contributed by atoms with Gasteiger partial charge in [-0.15, -0.1) is 11.3 Å². The Kier molecular flexibility index (Phi) is 6.17. The molecule has 1 atom stereocenters. The van der Waals surface area contributed by atoms with E-state index in [-0.39, 0.29) is 30.1 Å². The second kappa shape index (κ2) is 9.15. The molecule has 2 aliphatic rings. The van der Waals surface area contributed by atoms with Gasteiger partial charge in [-0.2, -0.15) is 13.2 Å². The van der Waals surface area contributed by atoms with E-state index in [0.717, 1.165) is 48.1 Å². The first-order chi connectivity index (χ1) is 16.7. The minimum atomic E-state index is -4.54. The zero-order chi connectivity index (χ0) is 24.7. The summed E-state index contributed by atoms with van der Waals surface area (Å²) in [6.45, 7) is 2.40. The zero-order valence-corrected chi connectivity index (χ0v) is 20.0. The van der Waals surface area contributed by atoms with Crippen molar-refractivity contribution in [1.82, 2.24) is 9.80 Å². The molecule has 1 aliphatic heterocycles. The van der Waals surface area contributed by atoms with Crippen LogP contribution < -0.4 is 0 Å². The second-order valence-electron chi connectivity index (χ2n) is 9.14. The van der Waals surface area contributed by atoms with E-state index in [0.29, 0.717) is 6.54 Å². The van der Waals surface area contributed by atoms with Gasteiger partial charge in [0.1, 0.15) is 6.54 Å². The molecule has 3 aromatic rings. The molecule has 0 radical (unpaired) electrons. The number of hydrogen-bond acceptors (Lipinski definition) is 3. The number of alkyl halides is 3. The summed E-state index contributed by atoms with van der Waals surface area (Å²) in [5.74, 6) is -0.727. The molecule has 0 saturated heterocycles. The average molecular weight is 499 g/mol. The van der Waals surface area contributed by atoms with Crippen LogP contribution >= 0.6 is 11.3 Å². The first-order valence-electron chi connectivity index (χ1n) is 11.6. The molecule has 4 nitrogen and oxygen atoms in total. The van der Waals surface area contributed by atoms with Gasteiger partial charge in [0.05, 0.1) is 11.6 Å². The van der Waals surface area contributed by atoms with E-state index in [1.54, 1.807) is 11.3 Å². The number of thiophene rings is 1. The average Bonchev–Trinajstić information content (AvgIpc) is 3.57. The molecule has 1 saturated carbocycles. The molecule has 2 amide bonds. The highest BCUT2D eigenvalue weighted by molar-refractivity contribution is 7.10. The van der Waals surface area contributed by atoms with Gasteiger partial charge < -0.3 is 9.80 Å². The van der Waals surface area contributed by atoms with Crippen LogP contribution in [0.1, 0.15) is 56.4 Å². The van der Waals surface area contributed by atoms with Gasteiger partial charge in [-0.05, 0) is 72.5 Å². The second-order valence-corrected chi connectivity index (χ2v) is 10.1. The van der Waals surface area contributed by atoms with Gasteiger partial charge in [0, 0.05) is 23.0 Å². The molecule has 35 heavy (non-hydrogen) atoms. The van der Waals surface area contributed by atoms with E-state index in [2.05, 4.69) is 6.07 Å². The molecular formula is C27H25F3N2O2S. The molecule has 182 valence electrons. The van der Waals surface area contributed by atoms with Crippen molar-refractivity contribution in [1.29, 1.82) is 0 Å². The van der Waals surface area contributed by atoms with Gasteiger partial charge in [-0.3, -0.25) is 9.59 Å². The fourth-order valence-corrected chi connectivity index (χ4v) is 5.70. The van der Waals surface area contributed by atoms with Gasteiger partial charge in [0.2, 0.25) is 5.91 Å². The van der Waals surface area contributed by atoms with Crippen LogP contribution in [0.4, 0.5) is 13.2 Å². The van der Waals surface area contributed by atoms with Crippen molar-refractivity contribution in [2.24, 2.45) is 0 Å². The third-order valence-electron chi connectivity index (χ3n) is 6.76. The summed E-state index contributed by atoms with van der Waals surface area (Å²) < 4.78 is 39.6. The molecule has 8 heteroatoms. The van der Waals surface area contributed by atoms with Crippen molar-refractivity contribution in [3.05, 3.63) is 92.7 Å². The van der Waals surface area contributed by atoms with Gasteiger partial charge >= 0.3 is 6.18 Å². The monoisotopic (exact) mass is 498 g/mol. The van der Waals surface area contributed by atoms with Crippen molar-refractivity contribution < 1.29 is 22.8 Å². The largest absolute Gasteiger partial charge is 0.416 e. The highest BCUT2D eigenvalue weighted by Gasteiger charge is 2.39. The van der Waals surface area contributed by atoms with Crippen molar-refractivity contribution in [3.63, 3.8) is 0 Å². The number of carbonyl (C=O) groups excluding carboxylic acids is 2. The van der Waals surface area contributed by atoms with Crippen molar-refractivity contribution in [2.75, 3.05) is 13.1 Å². The van der Waals surface area contributed by atoms with Crippen molar-refractivity contribution in [3.8, 4) is 0 Å². The Balaban J connectivity index is 1.43. The first kappa shape index (κ1) is 23.6. The maximum Gasteiger partial charge on any atom is 0.416 e. The highest BCUT2D eigenvalue weighted by Crippen LogP contribution is 2.39. The molecule has 0 spiro atoms. The smallest absolute Gasteiger partial charge is 0.330 e. The maximum atomic E-state index is 13.7. The predicted octanol–water partition coefficient (Wildman–Crippen LogP) is 5.85. The number of fused-ring (bicyclic) bond motifs is 1. The van der Waals surface area contributed by atoms with Crippen LogP contribution in [-0.4, -0.2) is 40.7 Å². The number of aryl methyl sites for hydroxylation is 1. The van der Waals surface area contributed by atoms with Crippen LogP contribution in [0.5, 0.6) is 0 Å². The number of rotatable bonds is 5. The van der Waals surface area contributed by atoms with Crippen LogP contribution in [0.2, 0.25) is 0 Å². The lowest BCUT2D eigenvalue weighted by Gasteiger charge is -2.38. The van der Waals surface area contributed by atoms with Gasteiger partial charge in [0.15, 0.2) is 0 Å². The van der Waals surface area contributed by atoms with E-state index in [1.807, 2.05) is 41.5 Å². The SMILES string of the molecule is Cc1ccccc1[C@H]1c2ccsc2CCN1C(=O)CN(C(=O)c1cccc(C(F)(F)F)c1)C1CC1. The lowest BCUT2D eigenvalue weighted by Crippen LogP contribution is -2.47. The Morgan fingerprint density at radius 1 is 1.06 bits per heavy atom. The summed E-state index contributed by atoms with van der Waals surface area (Å²) in [5, 5.41) is 2.04. The van der Waals surface area contributed by atoms with Gasteiger partial charge in [0.25, 0.3) is 5.91 Å². The summed E-state index contributed by atoms with van der Waals surface area (Å²) in [6, 6.07) is 14.1. The third kappa shape index (κ3) is 4.72. The number of nitrogens with zero attached hydrogens (tertiary/aromatic N) is 2. The van der Waals surface area contributed by atoms with E-state index in [9.17, 15) is 22.8 Å². The number of hydrogen-bond donors (Lipinski definition) is 0. The van der Waals surface area contributed by atoms with Crippen LogP contribution in [0.25, 0.3) is 0 Å². The molecule has 0 bridgehead atoms. The molecule has 1 fully saturated rings.